The van der Waals surface area contributed by atoms with Crippen molar-refractivity contribution >= 4 is 33.2 Å². The SMILES string of the molecule is Cc1ccc(NC(=O)C2CCCCN2S(=O)(=O)c2ccc(Cl)cc2)c(C)c1. The Bertz CT molecular complexity index is 942. The quantitative estimate of drug-likeness (QED) is 0.829. The number of piperidine rings is 1. The minimum Gasteiger partial charge on any atom is -0.324 e. The number of nitrogens with one attached hydrogen (secondary N) is 1. The van der Waals surface area contributed by atoms with Gasteiger partial charge in [0.25, 0.3) is 0 Å². The zero-order valence-corrected chi connectivity index (χ0v) is 17.0. The van der Waals surface area contributed by atoms with Crippen molar-refractivity contribution in [3.8, 4) is 0 Å². The van der Waals surface area contributed by atoms with Gasteiger partial charge in [-0.25, -0.2) is 8.42 Å². The second kappa shape index (κ2) is 8.00. The molecule has 27 heavy (non-hydrogen) atoms. The van der Waals surface area contributed by atoms with Crippen molar-refractivity contribution in [2.45, 2.75) is 44.0 Å². The Morgan fingerprint density at radius 3 is 2.48 bits per heavy atom. The fraction of sp³-hybridized carbons (Fsp3) is 0.350. The summed E-state index contributed by atoms with van der Waals surface area (Å²) in [4.78, 5) is 13.1. The highest BCUT2D eigenvalue weighted by atomic mass is 35.5. The van der Waals surface area contributed by atoms with E-state index in [1.807, 2.05) is 32.0 Å². The molecule has 1 aliphatic heterocycles. The van der Waals surface area contributed by atoms with E-state index < -0.39 is 16.1 Å². The number of aryl methyl sites for hydroxylation is 2. The fourth-order valence-electron chi connectivity index (χ4n) is 3.37. The van der Waals surface area contributed by atoms with Crippen molar-refractivity contribution in [3.05, 3.63) is 58.6 Å². The van der Waals surface area contributed by atoms with Crippen LogP contribution in [0.4, 0.5) is 5.69 Å². The lowest BCUT2D eigenvalue weighted by Crippen LogP contribution is -2.49. The third-order valence-corrected chi connectivity index (χ3v) is 6.99. The van der Waals surface area contributed by atoms with E-state index in [0.29, 0.717) is 23.7 Å². The molecule has 144 valence electrons. The molecular weight excluding hydrogens is 384 g/mol. The molecule has 1 fully saturated rings. The Labute approximate surface area is 165 Å². The zero-order chi connectivity index (χ0) is 19.6. The number of hydrogen-bond acceptors (Lipinski definition) is 3. The van der Waals surface area contributed by atoms with Gasteiger partial charge in [0, 0.05) is 17.3 Å². The van der Waals surface area contributed by atoms with Crippen LogP contribution < -0.4 is 5.32 Å². The number of carbonyl (C=O) groups is 1. The molecular formula is C20H23ClN2O3S. The van der Waals surface area contributed by atoms with Crippen LogP contribution in [0.3, 0.4) is 0 Å². The van der Waals surface area contributed by atoms with Crippen molar-refractivity contribution in [3.63, 3.8) is 0 Å². The van der Waals surface area contributed by atoms with Gasteiger partial charge in [-0.05, 0) is 62.6 Å². The minimum atomic E-state index is -3.77. The van der Waals surface area contributed by atoms with Crippen LogP contribution in [0.25, 0.3) is 0 Å². The van der Waals surface area contributed by atoms with Crippen molar-refractivity contribution in [1.82, 2.24) is 4.31 Å². The first kappa shape index (κ1) is 19.9. The first-order valence-electron chi connectivity index (χ1n) is 8.94. The molecule has 0 aromatic heterocycles. The molecule has 1 unspecified atom stereocenters. The third-order valence-electron chi connectivity index (χ3n) is 4.82. The molecule has 1 aliphatic rings. The molecule has 1 heterocycles. The first-order valence-corrected chi connectivity index (χ1v) is 10.8. The van der Waals surface area contributed by atoms with E-state index in [2.05, 4.69) is 5.32 Å². The summed E-state index contributed by atoms with van der Waals surface area (Å²) in [6.45, 7) is 4.24. The highest BCUT2D eigenvalue weighted by molar-refractivity contribution is 7.89. The van der Waals surface area contributed by atoms with E-state index >= 15 is 0 Å². The molecule has 0 radical (unpaired) electrons. The fourth-order valence-corrected chi connectivity index (χ4v) is 5.15. The van der Waals surface area contributed by atoms with Crippen LogP contribution in [-0.4, -0.2) is 31.2 Å². The number of sulfonamides is 1. The average Bonchev–Trinajstić information content (AvgIpc) is 2.64. The van der Waals surface area contributed by atoms with Crippen molar-refractivity contribution in [1.29, 1.82) is 0 Å². The number of carbonyl (C=O) groups excluding carboxylic acids is 1. The van der Waals surface area contributed by atoms with E-state index in [4.69, 9.17) is 11.6 Å². The number of amides is 1. The van der Waals surface area contributed by atoms with Gasteiger partial charge in [0.05, 0.1) is 4.90 Å². The maximum absolute atomic E-state index is 13.1. The lowest BCUT2D eigenvalue weighted by atomic mass is 10.0. The second-order valence-electron chi connectivity index (χ2n) is 6.89. The highest BCUT2D eigenvalue weighted by Crippen LogP contribution is 2.27. The van der Waals surface area contributed by atoms with Gasteiger partial charge in [-0.3, -0.25) is 4.79 Å². The summed E-state index contributed by atoms with van der Waals surface area (Å²) in [6.07, 6.45) is 2.06. The molecule has 2 aromatic carbocycles. The molecule has 2 aromatic rings. The lowest BCUT2D eigenvalue weighted by Gasteiger charge is -2.33. The summed E-state index contributed by atoms with van der Waals surface area (Å²) in [5.41, 5.74) is 2.77. The molecule has 3 rings (SSSR count). The normalized spacial score (nSPS) is 18.3. The molecule has 1 saturated heterocycles. The van der Waals surface area contributed by atoms with Crippen LogP contribution in [0, 0.1) is 13.8 Å². The van der Waals surface area contributed by atoms with Crippen molar-refractivity contribution < 1.29 is 13.2 Å². The molecule has 1 amide bonds. The number of rotatable bonds is 4. The van der Waals surface area contributed by atoms with Crippen molar-refractivity contribution in [2.24, 2.45) is 0 Å². The van der Waals surface area contributed by atoms with Crippen LogP contribution >= 0.6 is 11.6 Å². The zero-order valence-electron chi connectivity index (χ0n) is 15.4. The number of anilines is 1. The summed E-state index contributed by atoms with van der Waals surface area (Å²) in [5, 5.41) is 3.37. The van der Waals surface area contributed by atoms with E-state index in [0.717, 1.165) is 24.0 Å². The summed E-state index contributed by atoms with van der Waals surface area (Å²) in [5.74, 6) is -0.292. The molecule has 1 N–H and O–H groups in total. The van der Waals surface area contributed by atoms with Gasteiger partial charge in [-0.2, -0.15) is 4.31 Å². The molecule has 5 nitrogen and oxygen atoms in total. The molecule has 1 atom stereocenters. The van der Waals surface area contributed by atoms with E-state index in [9.17, 15) is 13.2 Å². The maximum Gasteiger partial charge on any atom is 0.243 e. The molecule has 7 heteroatoms. The summed E-state index contributed by atoms with van der Waals surface area (Å²) in [6, 6.07) is 11.1. The van der Waals surface area contributed by atoms with Gasteiger partial charge in [0.1, 0.15) is 6.04 Å². The third kappa shape index (κ3) is 4.34. The topological polar surface area (TPSA) is 66.5 Å². The Morgan fingerprint density at radius 2 is 1.81 bits per heavy atom. The van der Waals surface area contributed by atoms with E-state index in [1.54, 1.807) is 12.1 Å². The Morgan fingerprint density at radius 1 is 1.11 bits per heavy atom. The first-order chi connectivity index (χ1) is 12.8. The number of hydrogen-bond donors (Lipinski definition) is 1. The second-order valence-corrected chi connectivity index (χ2v) is 9.22. The van der Waals surface area contributed by atoms with Crippen LogP contribution in [0.5, 0.6) is 0 Å². The van der Waals surface area contributed by atoms with Gasteiger partial charge < -0.3 is 5.32 Å². The maximum atomic E-state index is 13.1. The Balaban J connectivity index is 1.86. The van der Waals surface area contributed by atoms with Crippen LogP contribution in [-0.2, 0) is 14.8 Å². The van der Waals surface area contributed by atoms with Crippen LogP contribution in [0.2, 0.25) is 5.02 Å². The Hall–Kier alpha value is -1.89. The average molecular weight is 407 g/mol. The molecule has 0 bridgehead atoms. The van der Waals surface area contributed by atoms with E-state index in [-0.39, 0.29) is 10.8 Å². The predicted octanol–water partition coefficient (Wildman–Crippen LogP) is 4.14. The largest absolute Gasteiger partial charge is 0.324 e. The van der Waals surface area contributed by atoms with Gasteiger partial charge >= 0.3 is 0 Å². The predicted molar refractivity (Wildman–Crippen MR) is 108 cm³/mol. The number of benzene rings is 2. The summed E-state index contributed by atoms with van der Waals surface area (Å²) in [7, 11) is -3.77. The minimum absolute atomic E-state index is 0.151. The van der Waals surface area contributed by atoms with Gasteiger partial charge in [0.2, 0.25) is 15.9 Å². The van der Waals surface area contributed by atoms with Gasteiger partial charge in [-0.15, -0.1) is 0 Å². The molecule has 0 saturated carbocycles. The highest BCUT2D eigenvalue weighted by Gasteiger charge is 2.37. The van der Waals surface area contributed by atoms with Crippen LogP contribution in [0.15, 0.2) is 47.4 Å². The monoisotopic (exact) mass is 406 g/mol. The standard InChI is InChI=1S/C20H23ClN2O3S/c1-14-6-11-18(15(2)13-14)22-20(24)19-5-3-4-12-23(19)27(25,26)17-9-7-16(21)8-10-17/h6-11,13,19H,3-5,12H2,1-2H3,(H,22,24). The molecule has 0 aliphatic carbocycles. The van der Waals surface area contributed by atoms with Gasteiger partial charge in [0.15, 0.2) is 0 Å². The smallest absolute Gasteiger partial charge is 0.243 e. The number of nitrogens with zero attached hydrogens (tertiary/aromatic N) is 1. The van der Waals surface area contributed by atoms with Crippen LogP contribution in [0.1, 0.15) is 30.4 Å². The number of halogens is 1. The van der Waals surface area contributed by atoms with Crippen molar-refractivity contribution in [2.75, 3.05) is 11.9 Å². The molecule has 0 spiro atoms. The van der Waals surface area contributed by atoms with Gasteiger partial charge in [-0.1, -0.05) is 35.7 Å². The van der Waals surface area contributed by atoms with E-state index in [1.165, 1.54) is 16.4 Å². The lowest BCUT2D eigenvalue weighted by molar-refractivity contribution is -0.120. The Kier molecular flexibility index (Phi) is 5.89. The summed E-state index contributed by atoms with van der Waals surface area (Å²) >= 11 is 5.87. The summed E-state index contributed by atoms with van der Waals surface area (Å²) < 4.78 is 27.5.